The van der Waals surface area contributed by atoms with Crippen LogP contribution in [0.4, 0.5) is 0 Å². The van der Waals surface area contributed by atoms with Crippen LogP contribution < -0.4 is 0 Å². The number of nitrogens with one attached hydrogen (secondary N) is 1. The number of aromatic amines is 1. The minimum absolute atomic E-state index is 0.480. The molecule has 0 amide bonds. The molecule has 0 radical (unpaired) electrons. The second kappa shape index (κ2) is 4.93. The first-order valence-electron chi connectivity index (χ1n) is 7.40. The summed E-state index contributed by atoms with van der Waals surface area (Å²) >= 11 is 5.59. The first kappa shape index (κ1) is 13.0. The third kappa shape index (κ3) is 2.08. The molecule has 0 unspecified atom stereocenters. The second-order valence-electron chi connectivity index (χ2n) is 5.87. The van der Waals surface area contributed by atoms with Crippen molar-refractivity contribution in [3.63, 3.8) is 0 Å². The Bertz CT molecular complexity index is 855. The molecule has 0 bridgehead atoms. The molecule has 108 valence electrons. The number of benzene rings is 1. The van der Waals surface area contributed by atoms with Gasteiger partial charge in [0, 0.05) is 11.4 Å². The molecule has 1 aromatic carbocycles. The van der Waals surface area contributed by atoms with Gasteiger partial charge in [0.15, 0.2) is 4.77 Å². The molecule has 0 saturated carbocycles. The quantitative estimate of drug-likeness (QED) is 0.698. The van der Waals surface area contributed by atoms with E-state index in [1.807, 2.05) is 12.3 Å². The fourth-order valence-corrected chi connectivity index (χ4v) is 3.71. The molecule has 3 heterocycles. The van der Waals surface area contributed by atoms with Gasteiger partial charge in [-0.1, -0.05) is 18.2 Å². The van der Waals surface area contributed by atoms with E-state index in [-0.39, 0.29) is 0 Å². The van der Waals surface area contributed by atoms with Gasteiger partial charge < -0.3 is 14.5 Å². The van der Waals surface area contributed by atoms with E-state index in [0.29, 0.717) is 6.04 Å². The second-order valence-corrected chi connectivity index (χ2v) is 6.26. The third-order valence-corrected chi connectivity index (χ3v) is 4.80. The lowest BCUT2D eigenvalue weighted by atomic mass is 10.0. The number of piperidine rings is 1. The number of nitrogens with zero attached hydrogens (tertiary/aromatic N) is 3. The molecule has 4 nitrogen and oxygen atoms in total. The molecule has 1 N–H and O–H groups in total. The van der Waals surface area contributed by atoms with Gasteiger partial charge in [0.1, 0.15) is 0 Å². The highest BCUT2D eigenvalue weighted by Gasteiger charge is 2.21. The highest BCUT2D eigenvalue weighted by atomic mass is 32.1. The van der Waals surface area contributed by atoms with Crippen LogP contribution in [-0.4, -0.2) is 39.6 Å². The van der Waals surface area contributed by atoms with E-state index in [4.69, 9.17) is 12.2 Å². The fourth-order valence-electron chi connectivity index (χ4n) is 3.36. The van der Waals surface area contributed by atoms with E-state index < -0.39 is 0 Å². The Morgan fingerprint density at radius 3 is 2.81 bits per heavy atom. The Morgan fingerprint density at radius 2 is 2.00 bits per heavy atom. The predicted molar refractivity (Wildman–Crippen MR) is 88.2 cm³/mol. The van der Waals surface area contributed by atoms with Crippen molar-refractivity contribution >= 4 is 34.2 Å². The number of imidazole rings is 1. The molecular weight excluding hydrogens is 280 g/mol. The van der Waals surface area contributed by atoms with Crippen LogP contribution in [0, 0.1) is 4.77 Å². The summed E-state index contributed by atoms with van der Waals surface area (Å²) < 4.78 is 3.14. The molecule has 2 aromatic heterocycles. The van der Waals surface area contributed by atoms with Gasteiger partial charge in [-0.25, -0.2) is 0 Å². The number of pyridine rings is 1. The lowest BCUT2D eigenvalue weighted by Gasteiger charge is -2.30. The van der Waals surface area contributed by atoms with Crippen LogP contribution >= 0.6 is 12.2 Å². The normalized spacial score (nSPS) is 17.8. The molecule has 1 aliphatic rings. The summed E-state index contributed by atoms with van der Waals surface area (Å²) in [4.78, 5) is 10.2. The number of aromatic nitrogens is 3. The summed E-state index contributed by atoms with van der Waals surface area (Å²) in [6, 6.07) is 8.77. The highest BCUT2D eigenvalue weighted by molar-refractivity contribution is 7.71. The summed E-state index contributed by atoms with van der Waals surface area (Å²) in [5.41, 5.74) is 3.28. The van der Waals surface area contributed by atoms with Gasteiger partial charge in [0.2, 0.25) is 0 Å². The van der Waals surface area contributed by atoms with Crippen LogP contribution in [0.25, 0.3) is 21.9 Å². The molecule has 0 spiro atoms. The van der Waals surface area contributed by atoms with Crippen LogP contribution in [0.2, 0.25) is 0 Å². The zero-order valence-corrected chi connectivity index (χ0v) is 12.9. The van der Waals surface area contributed by atoms with E-state index in [0.717, 1.165) is 41.7 Å². The molecule has 1 fully saturated rings. The first-order valence-corrected chi connectivity index (χ1v) is 7.81. The molecule has 3 aromatic rings. The molecule has 0 atom stereocenters. The van der Waals surface area contributed by atoms with Crippen LogP contribution in [-0.2, 0) is 0 Å². The summed E-state index contributed by atoms with van der Waals surface area (Å²) in [6.07, 6.45) is 4.20. The lowest BCUT2D eigenvalue weighted by molar-refractivity contribution is 0.223. The fraction of sp³-hybridized carbons (Fsp3) is 0.375. The van der Waals surface area contributed by atoms with Crippen LogP contribution in [0.1, 0.15) is 18.9 Å². The summed E-state index contributed by atoms with van der Waals surface area (Å²) in [5, 5.41) is 1.18. The highest BCUT2D eigenvalue weighted by Crippen LogP contribution is 2.30. The van der Waals surface area contributed by atoms with Gasteiger partial charge in [-0.3, -0.25) is 4.98 Å². The minimum atomic E-state index is 0.480. The Kier molecular flexibility index (Phi) is 3.05. The zero-order chi connectivity index (χ0) is 14.4. The van der Waals surface area contributed by atoms with Crippen molar-refractivity contribution in [2.75, 3.05) is 20.1 Å². The zero-order valence-electron chi connectivity index (χ0n) is 12.0. The molecular formula is C16H18N4S. The molecule has 0 aliphatic carbocycles. The largest absolute Gasteiger partial charge is 0.329 e. The number of H-pyrrole nitrogens is 1. The Balaban J connectivity index is 1.97. The van der Waals surface area contributed by atoms with Crippen molar-refractivity contribution in [3.8, 4) is 0 Å². The number of fused-ring (bicyclic) bond motifs is 3. The van der Waals surface area contributed by atoms with Gasteiger partial charge >= 0.3 is 0 Å². The molecule has 1 aliphatic heterocycles. The molecule has 1 saturated heterocycles. The van der Waals surface area contributed by atoms with Crippen molar-refractivity contribution < 1.29 is 0 Å². The number of hydrogen-bond acceptors (Lipinski definition) is 3. The SMILES string of the molecule is CN1CCC(n2c(=S)[nH]c3cnc4ccccc4c32)CC1. The van der Waals surface area contributed by atoms with Gasteiger partial charge in [-0.2, -0.15) is 0 Å². The average molecular weight is 298 g/mol. The average Bonchev–Trinajstić information content (AvgIpc) is 2.85. The van der Waals surface area contributed by atoms with Crippen molar-refractivity contribution in [3.05, 3.63) is 35.2 Å². The number of hydrogen-bond donors (Lipinski definition) is 1. The van der Waals surface area contributed by atoms with Gasteiger partial charge in [-0.05, 0) is 51.3 Å². The van der Waals surface area contributed by atoms with Crippen LogP contribution in [0.3, 0.4) is 0 Å². The Hall–Kier alpha value is -1.72. The van der Waals surface area contributed by atoms with E-state index in [1.165, 1.54) is 10.9 Å². The van der Waals surface area contributed by atoms with Crippen LogP contribution in [0.5, 0.6) is 0 Å². The smallest absolute Gasteiger partial charge is 0.178 e. The van der Waals surface area contributed by atoms with Gasteiger partial charge in [0.25, 0.3) is 0 Å². The standard InChI is InChI=1S/C16H18N4S/c1-19-8-6-11(7-9-19)20-15-12-4-2-3-5-13(12)17-10-14(15)18-16(20)21/h2-5,10-11H,6-9H2,1H3,(H,18,21). The molecule has 5 heteroatoms. The van der Waals surface area contributed by atoms with Gasteiger partial charge in [-0.15, -0.1) is 0 Å². The maximum Gasteiger partial charge on any atom is 0.178 e. The molecule has 4 rings (SSSR count). The van der Waals surface area contributed by atoms with Gasteiger partial charge in [0.05, 0.1) is 22.7 Å². The Morgan fingerprint density at radius 1 is 1.24 bits per heavy atom. The maximum atomic E-state index is 5.59. The first-order chi connectivity index (χ1) is 10.2. The monoisotopic (exact) mass is 298 g/mol. The third-order valence-electron chi connectivity index (χ3n) is 4.50. The topological polar surface area (TPSA) is 36.9 Å². The van der Waals surface area contributed by atoms with E-state index >= 15 is 0 Å². The van der Waals surface area contributed by atoms with Crippen LogP contribution in [0.15, 0.2) is 30.5 Å². The number of rotatable bonds is 1. The number of likely N-dealkylation sites (tertiary alicyclic amines) is 1. The van der Waals surface area contributed by atoms with Crippen molar-refractivity contribution in [2.24, 2.45) is 0 Å². The minimum Gasteiger partial charge on any atom is -0.329 e. The lowest BCUT2D eigenvalue weighted by Crippen LogP contribution is -2.31. The van der Waals surface area contributed by atoms with Crippen molar-refractivity contribution in [1.82, 2.24) is 19.4 Å². The van der Waals surface area contributed by atoms with Crippen molar-refractivity contribution in [2.45, 2.75) is 18.9 Å². The van der Waals surface area contributed by atoms with E-state index in [2.05, 4.69) is 44.7 Å². The maximum absolute atomic E-state index is 5.59. The number of para-hydroxylation sites is 1. The summed E-state index contributed by atoms with van der Waals surface area (Å²) in [5.74, 6) is 0. The Labute approximate surface area is 128 Å². The van der Waals surface area contributed by atoms with Crippen molar-refractivity contribution in [1.29, 1.82) is 0 Å². The summed E-state index contributed by atoms with van der Waals surface area (Å²) in [7, 11) is 2.18. The molecule has 21 heavy (non-hydrogen) atoms. The summed E-state index contributed by atoms with van der Waals surface area (Å²) in [6.45, 7) is 2.25. The van der Waals surface area contributed by atoms with E-state index in [9.17, 15) is 0 Å². The van der Waals surface area contributed by atoms with E-state index in [1.54, 1.807) is 0 Å². The predicted octanol–water partition coefficient (Wildman–Crippen LogP) is 3.51.